The molecule has 2 atom stereocenters. The zero-order valence-electron chi connectivity index (χ0n) is 16.9. The van der Waals surface area contributed by atoms with Gasteiger partial charge in [-0.05, 0) is 24.3 Å². The average molecular weight is 397 g/mol. The molecule has 0 spiro atoms. The van der Waals surface area contributed by atoms with Crippen LogP contribution >= 0.6 is 0 Å². The van der Waals surface area contributed by atoms with E-state index in [1.807, 2.05) is 13.0 Å². The second kappa shape index (κ2) is 10.7. The number of Topliss-reactive ketones (excluding diaryl/α,β-unsaturated/α-hetero) is 1. The molecule has 1 unspecified atom stereocenters. The first-order chi connectivity index (χ1) is 14.1. The van der Waals surface area contributed by atoms with Gasteiger partial charge < -0.3 is 19.7 Å². The van der Waals surface area contributed by atoms with E-state index in [1.165, 1.54) is 10.5 Å². The van der Waals surface area contributed by atoms with Crippen molar-refractivity contribution in [2.24, 2.45) is 0 Å². The zero-order valence-corrected chi connectivity index (χ0v) is 16.9. The molecule has 1 saturated heterocycles. The van der Waals surface area contributed by atoms with Crippen molar-refractivity contribution in [3.05, 3.63) is 65.7 Å². The molecule has 1 amide bonds. The molecule has 0 bridgehead atoms. The Morgan fingerprint density at radius 1 is 1.14 bits per heavy atom. The number of quaternary nitrogens is 1. The third kappa shape index (κ3) is 6.69. The SMILES string of the molecule is CCC(=O)c1ccc(OCC(=O)NC[C@@H]2C[NH+](Cc3ccccc3)CCO2)cc1. The lowest BCUT2D eigenvalue weighted by atomic mass is 10.1. The Morgan fingerprint density at radius 3 is 2.62 bits per heavy atom. The highest BCUT2D eigenvalue weighted by atomic mass is 16.5. The molecule has 1 fully saturated rings. The van der Waals surface area contributed by atoms with Gasteiger partial charge in [0.25, 0.3) is 5.91 Å². The molecular formula is C23H29N2O4+. The highest BCUT2D eigenvalue weighted by molar-refractivity contribution is 5.95. The monoisotopic (exact) mass is 397 g/mol. The maximum absolute atomic E-state index is 12.1. The summed E-state index contributed by atoms with van der Waals surface area (Å²) >= 11 is 0. The molecule has 1 aliphatic rings. The maximum atomic E-state index is 12.1. The number of benzene rings is 2. The van der Waals surface area contributed by atoms with Crippen LogP contribution in [0.1, 0.15) is 29.3 Å². The van der Waals surface area contributed by atoms with Gasteiger partial charge in [-0.3, -0.25) is 9.59 Å². The minimum atomic E-state index is -0.183. The lowest BCUT2D eigenvalue weighted by Crippen LogP contribution is -3.13. The number of ether oxygens (including phenoxy) is 2. The number of hydrogen-bond donors (Lipinski definition) is 2. The van der Waals surface area contributed by atoms with Gasteiger partial charge in [0.1, 0.15) is 31.5 Å². The third-order valence-corrected chi connectivity index (χ3v) is 5.02. The zero-order chi connectivity index (χ0) is 20.5. The number of morpholine rings is 1. The van der Waals surface area contributed by atoms with Crippen LogP contribution in [-0.2, 0) is 16.1 Å². The van der Waals surface area contributed by atoms with Crippen LogP contribution in [0.25, 0.3) is 0 Å². The van der Waals surface area contributed by atoms with E-state index < -0.39 is 0 Å². The van der Waals surface area contributed by atoms with Gasteiger partial charge in [0.2, 0.25) is 0 Å². The summed E-state index contributed by atoms with van der Waals surface area (Å²) in [5.41, 5.74) is 1.97. The highest BCUT2D eigenvalue weighted by Gasteiger charge is 2.24. The predicted octanol–water partition coefficient (Wildman–Crippen LogP) is 1.26. The summed E-state index contributed by atoms with van der Waals surface area (Å²) in [6.45, 7) is 5.74. The Balaban J connectivity index is 1.38. The first kappa shape index (κ1) is 21.0. The fraction of sp³-hybridized carbons (Fsp3) is 0.391. The van der Waals surface area contributed by atoms with Crippen molar-refractivity contribution in [1.82, 2.24) is 5.32 Å². The number of ketones is 1. The van der Waals surface area contributed by atoms with Crippen molar-refractivity contribution < 1.29 is 24.0 Å². The van der Waals surface area contributed by atoms with Crippen LogP contribution in [0.5, 0.6) is 5.75 Å². The largest absolute Gasteiger partial charge is 0.484 e. The summed E-state index contributed by atoms with van der Waals surface area (Å²) in [4.78, 5) is 25.2. The maximum Gasteiger partial charge on any atom is 0.258 e. The standard InChI is InChI=1S/C23H28N2O4/c1-2-22(26)19-8-10-20(11-9-19)29-17-23(27)24-14-21-16-25(12-13-28-21)15-18-6-4-3-5-7-18/h3-11,21H,2,12-17H2,1H3,(H,24,27)/p+1/t21-/m1/s1. The molecule has 1 heterocycles. The normalized spacial score (nSPS) is 18.8. The molecule has 0 saturated carbocycles. The minimum absolute atomic E-state index is 0.00533. The summed E-state index contributed by atoms with van der Waals surface area (Å²) in [5.74, 6) is 0.475. The Labute approximate surface area is 171 Å². The van der Waals surface area contributed by atoms with Crippen molar-refractivity contribution in [1.29, 1.82) is 0 Å². The van der Waals surface area contributed by atoms with Crippen molar-refractivity contribution >= 4 is 11.7 Å². The van der Waals surface area contributed by atoms with Crippen molar-refractivity contribution in [2.75, 3.05) is 32.8 Å². The van der Waals surface area contributed by atoms with E-state index in [0.717, 1.165) is 19.6 Å². The van der Waals surface area contributed by atoms with Gasteiger partial charge >= 0.3 is 0 Å². The number of amides is 1. The molecule has 0 aromatic heterocycles. The number of hydrogen-bond acceptors (Lipinski definition) is 4. The topological polar surface area (TPSA) is 69.1 Å². The van der Waals surface area contributed by atoms with E-state index in [4.69, 9.17) is 9.47 Å². The smallest absolute Gasteiger partial charge is 0.258 e. The Bertz CT molecular complexity index is 792. The molecule has 2 N–H and O–H groups in total. The fourth-order valence-corrected chi connectivity index (χ4v) is 3.40. The van der Waals surface area contributed by atoms with Gasteiger partial charge in [0.05, 0.1) is 6.61 Å². The Morgan fingerprint density at radius 2 is 1.90 bits per heavy atom. The summed E-state index contributed by atoms with van der Waals surface area (Å²) in [7, 11) is 0. The van der Waals surface area contributed by atoms with Crippen LogP contribution in [0.3, 0.4) is 0 Å². The van der Waals surface area contributed by atoms with Gasteiger partial charge in [0.15, 0.2) is 12.4 Å². The Hall–Kier alpha value is -2.70. The Kier molecular flexibility index (Phi) is 7.78. The van der Waals surface area contributed by atoms with E-state index in [2.05, 4.69) is 29.6 Å². The number of nitrogens with one attached hydrogen (secondary N) is 2. The highest BCUT2D eigenvalue weighted by Crippen LogP contribution is 2.13. The molecule has 29 heavy (non-hydrogen) atoms. The van der Waals surface area contributed by atoms with Crippen LogP contribution in [0, 0.1) is 0 Å². The first-order valence-electron chi connectivity index (χ1n) is 10.2. The van der Waals surface area contributed by atoms with Gasteiger partial charge in [-0.1, -0.05) is 37.3 Å². The van der Waals surface area contributed by atoms with E-state index in [1.54, 1.807) is 24.3 Å². The second-order valence-electron chi connectivity index (χ2n) is 7.25. The molecule has 0 aliphatic carbocycles. The van der Waals surface area contributed by atoms with E-state index >= 15 is 0 Å². The van der Waals surface area contributed by atoms with Crippen molar-refractivity contribution in [3.63, 3.8) is 0 Å². The minimum Gasteiger partial charge on any atom is -0.484 e. The summed E-state index contributed by atoms with van der Waals surface area (Å²) in [6.07, 6.45) is 0.474. The summed E-state index contributed by atoms with van der Waals surface area (Å²) in [6, 6.07) is 17.3. The molecule has 154 valence electrons. The number of carbonyl (C=O) groups is 2. The second-order valence-corrected chi connectivity index (χ2v) is 7.25. The number of carbonyl (C=O) groups excluding carboxylic acids is 2. The molecule has 3 rings (SSSR count). The predicted molar refractivity (Wildman–Crippen MR) is 110 cm³/mol. The van der Waals surface area contributed by atoms with Crippen LogP contribution in [0.2, 0.25) is 0 Å². The summed E-state index contributed by atoms with van der Waals surface area (Å²) in [5, 5.41) is 2.89. The van der Waals surface area contributed by atoms with Crippen LogP contribution in [-0.4, -0.2) is 50.6 Å². The first-order valence-corrected chi connectivity index (χ1v) is 10.2. The molecule has 1 aliphatic heterocycles. The van der Waals surface area contributed by atoms with E-state index in [0.29, 0.717) is 30.9 Å². The quantitative estimate of drug-likeness (QED) is 0.625. The molecular weight excluding hydrogens is 368 g/mol. The molecule has 0 radical (unpaired) electrons. The van der Waals surface area contributed by atoms with E-state index in [-0.39, 0.29) is 24.4 Å². The van der Waals surface area contributed by atoms with Gasteiger partial charge in [0, 0.05) is 24.1 Å². The summed E-state index contributed by atoms with van der Waals surface area (Å²) < 4.78 is 11.3. The molecule has 6 nitrogen and oxygen atoms in total. The van der Waals surface area contributed by atoms with Gasteiger partial charge in [-0.25, -0.2) is 0 Å². The van der Waals surface area contributed by atoms with Crippen molar-refractivity contribution in [3.8, 4) is 5.75 Å². The number of rotatable bonds is 9. The molecule has 2 aromatic rings. The fourth-order valence-electron chi connectivity index (χ4n) is 3.40. The van der Waals surface area contributed by atoms with Crippen molar-refractivity contribution in [2.45, 2.75) is 26.0 Å². The van der Waals surface area contributed by atoms with Crippen LogP contribution < -0.4 is 15.0 Å². The molecule has 2 aromatic carbocycles. The molecule has 6 heteroatoms. The lowest BCUT2D eigenvalue weighted by molar-refractivity contribution is -0.925. The third-order valence-electron chi connectivity index (χ3n) is 5.02. The van der Waals surface area contributed by atoms with Crippen LogP contribution in [0.4, 0.5) is 0 Å². The van der Waals surface area contributed by atoms with Gasteiger partial charge in [-0.15, -0.1) is 0 Å². The van der Waals surface area contributed by atoms with Gasteiger partial charge in [-0.2, -0.15) is 0 Å². The van der Waals surface area contributed by atoms with E-state index in [9.17, 15) is 9.59 Å². The lowest BCUT2D eigenvalue weighted by Gasteiger charge is -2.30. The average Bonchev–Trinajstić information content (AvgIpc) is 2.77. The van der Waals surface area contributed by atoms with Crippen LogP contribution in [0.15, 0.2) is 54.6 Å².